The average Bonchev–Trinajstić information content (AvgIpc) is 3.42. The lowest BCUT2D eigenvalue weighted by atomic mass is 9.82. The summed E-state index contributed by atoms with van der Waals surface area (Å²) in [6.45, 7) is 0.311. The van der Waals surface area contributed by atoms with Crippen molar-refractivity contribution in [1.82, 2.24) is 4.98 Å². The van der Waals surface area contributed by atoms with E-state index in [2.05, 4.69) is 4.98 Å². The first kappa shape index (κ1) is 24.1. The minimum atomic E-state index is -0.789. The summed E-state index contributed by atoms with van der Waals surface area (Å²) in [4.78, 5) is 54.7. The smallest absolute Gasteiger partial charge is 0.305 e. The second-order valence-electron chi connectivity index (χ2n) is 8.85. The Balaban J connectivity index is 1.41. The van der Waals surface area contributed by atoms with E-state index >= 15 is 0 Å². The fourth-order valence-electron chi connectivity index (χ4n) is 4.93. The molecule has 2 aliphatic rings. The van der Waals surface area contributed by atoms with Crippen molar-refractivity contribution in [3.8, 4) is 5.75 Å². The van der Waals surface area contributed by atoms with Gasteiger partial charge in [-0.05, 0) is 23.8 Å². The number of fused-ring (bicyclic) bond motifs is 2. The normalized spacial score (nSPS) is 20.2. The largest absolute Gasteiger partial charge is 0.489 e. The van der Waals surface area contributed by atoms with Gasteiger partial charge in [-0.2, -0.15) is 0 Å². The summed E-state index contributed by atoms with van der Waals surface area (Å²) < 4.78 is 6.19. The molecule has 1 fully saturated rings. The number of imide groups is 1. The first-order valence-corrected chi connectivity index (χ1v) is 13.4. The van der Waals surface area contributed by atoms with Gasteiger partial charge in [0.05, 0.1) is 21.6 Å². The Morgan fingerprint density at radius 1 is 0.921 bits per heavy atom. The quantitative estimate of drug-likeness (QED) is 0.211. The maximum absolute atomic E-state index is 13.9. The molecule has 1 N–H and O–H groups in total. The van der Waals surface area contributed by atoms with Crippen LogP contribution in [0.1, 0.15) is 21.9 Å². The third-order valence-corrected chi connectivity index (χ3v) is 9.03. The van der Waals surface area contributed by atoms with Gasteiger partial charge in [0.2, 0.25) is 11.8 Å². The van der Waals surface area contributed by atoms with E-state index in [1.807, 2.05) is 54.6 Å². The number of nitrogens with zero attached hydrogens (tertiary/aromatic N) is 2. The molecule has 9 nitrogen and oxygen atoms in total. The first-order valence-electron chi connectivity index (χ1n) is 11.7. The molecule has 0 radical (unpaired) electrons. The fourth-order valence-corrected chi connectivity index (χ4v) is 7.44. The van der Waals surface area contributed by atoms with Gasteiger partial charge in [-0.3, -0.25) is 24.5 Å². The number of carbonyl (C=O) groups is 2. The van der Waals surface area contributed by atoms with Crippen LogP contribution in [0.15, 0.2) is 88.7 Å². The summed E-state index contributed by atoms with van der Waals surface area (Å²) in [6.07, 6.45) is 0. The topological polar surface area (TPSA) is 123 Å². The lowest BCUT2D eigenvalue weighted by Crippen LogP contribution is -2.32. The summed E-state index contributed by atoms with van der Waals surface area (Å²) >= 11 is 2.20. The predicted octanol–water partition coefficient (Wildman–Crippen LogP) is 4.72. The zero-order chi connectivity index (χ0) is 26.4. The van der Waals surface area contributed by atoms with Crippen LogP contribution in [0.4, 0.5) is 11.4 Å². The number of anilines is 1. The number of aromatic nitrogens is 1. The standard InChI is InChI=1S/C27H19N3O6S2/c31-25-21-20(18-8-4-5-9-19(18)36-14-15-6-2-1-3-7-15)22-24(28-27(33)38-22)37-23(21)26(32)29(25)16-10-12-17(13-11-16)30(34)35/h1-13,20-21,23H,14H2,(H,28,33)/t20-,21-,23+/m0/s1. The van der Waals surface area contributed by atoms with Gasteiger partial charge in [0.15, 0.2) is 0 Å². The third kappa shape index (κ3) is 4.09. The van der Waals surface area contributed by atoms with Crippen LogP contribution in [0.25, 0.3) is 0 Å². The molecule has 0 bridgehead atoms. The minimum absolute atomic E-state index is 0.137. The third-order valence-electron chi connectivity index (χ3n) is 6.63. The minimum Gasteiger partial charge on any atom is -0.489 e. The molecule has 6 rings (SSSR count). The Kier molecular flexibility index (Phi) is 6.09. The lowest BCUT2D eigenvalue weighted by Gasteiger charge is -2.30. The molecule has 3 heterocycles. The molecule has 0 spiro atoms. The number of thiazole rings is 1. The molecule has 1 saturated heterocycles. The molecule has 2 aliphatic heterocycles. The first-order chi connectivity index (χ1) is 18.4. The van der Waals surface area contributed by atoms with Gasteiger partial charge in [0, 0.05) is 28.5 Å². The highest BCUT2D eigenvalue weighted by atomic mass is 32.2. The Bertz CT molecular complexity index is 1620. The number of aromatic amines is 1. The number of H-pyrrole nitrogens is 1. The van der Waals surface area contributed by atoms with Gasteiger partial charge in [-0.1, -0.05) is 71.6 Å². The van der Waals surface area contributed by atoms with Crippen LogP contribution in [0.2, 0.25) is 0 Å². The lowest BCUT2D eigenvalue weighted by molar-refractivity contribution is -0.384. The number of hydrogen-bond acceptors (Lipinski definition) is 8. The van der Waals surface area contributed by atoms with E-state index in [1.165, 1.54) is 36.0 Å². The van der Waals surface area contributed by atoms with Crippen LogP contribution < -0.4 is 14.5 Å². The highest BCUT2D eigenvalue weighted by molar-refractivity contribution is 8.00. The Morgan fingerprint density at radius 3 is 2.37 bits per heavy atom. The van der Waals surface area contributed by atoms with Crippen LogP contribution in [-0.2, 0) is 16.2 Å². The number of nitro groups is 1. The summed E-state index contributed by atoms with van der Waals surface area (Å²) in [6, 6.07) is 22.4. The van der Waals surface area contributed by atoms with Gasteiger partial charge in [-0.25, -0.2) is 4.90 Å². The maximum Gasteiger partial charge on any atom is 0.305 e. The van der Waals surface area contributed by atoms with Crippen molar-refractivity contribution in [3.63, 3.8) is 0 Å². The molecule has 11 heteroatoms. The highest BCUT2D eigenvalue weighted by Crippen LogP contribution is 2.54. The number of hydrogen-bond donors (Lipinski definition) is 1. The number of carbonyl (C=O) groups excluding carboxylic acids is 2. The number of nitrogens with one attached hydrogen (secondary N) is 1. The Hall–Kier alpha value is -4.22. The predicted molar refractivity (Wildman–Crippen MR) is 143 cm³/mol. The van der Waals surface area contributed by atoms with Crippen molar-refractivity contribution in [1.29, 1.82) is 0 Å². The number of amides is 2. The van der Waals surface area contributed by atoms with E-state index in [4.69, 9.17) is 4.74 Å². The Labute approximate surface area is 224 Å². The average molecular weight is 546 g/mol. The number of ether oxygens (including phenoxy) is 1. The summed E-state index contributed by atoms with van der Waals surface area (Å²) in [5.41, 5.74) is 1.82. The number of para-hydroxylation sites is 1. The molecule has 1 aromatic heterocycles. The molecule has 2 amide bonds. The number of rotatable bonds is 6. The molecule has 3 aromatic carbocycles. The monoisotopic (exact) mass is 545 g/mol. The van der Waals surface area contributed by atoms with Crippen molar-refractivity contribution < 1.29 is 19.2 Å². The van der Waals surface area contributed by atoms with Crippen LogP contribution in [0.3, 0.4) is 0 Å². The van der Waals surface area contributed by atoms with Crippen molar-refractivity contribution in [2.75, 3.05) is 4.90 Å². The van der Waals surface area contributed by atoms with Crippen molar-refractivity contribution in [2.24, 2.45) is 5.92 Å². The van der Waals surface area contributed by atoms with E-state index in [1.54, 1.807) is 0 Å². The summed E-state index contributed by atoms with van der Waals surface area (Å²) in [5, 5.41) is 10.9. The van der Waals surface area contributed by atoms with E-state index in [9.17, 15) is 24.5 Å². The number of benzene rings is 3. The molecular formula is C27H19N3O6S2. The molecule has 4 aromatic rings. The Morgan fingerprint density at radius 2 is 1.63 bits per heavy atom. The number of thioether (sulfide) groups is 1. The highest BCUT2D eigenvalue weighted by Gasteiger charge is 2.56. The van der Waals surface area contributed by atoms with Gasteiger partial charge >= 0.3 is 4.87 Å². The van der Waals surface area contributed by atoms with Crippen LogP contribution >= 0.6 is 23.1 Å². The van der Waals surface area contributed by atoms with Gasteiger partial charge in [0.1, 0.15) is 17.6 Å². The second-order valence-corrected chi connectivity index (χ2v) is 11.0. The van der Waals surface area contributed by atoms with Crippen molar-refractivity contribution >= 4 is 46.3 Å². The molecule has 3 atom stereocenters. The van der Waals surface area contributed by atoms with Gasteiger partial charge < -0.3 is 9.72 Å². The number of nitro benzene ring substituents is 1. The van der Waals surface area contributed by atoms with Crippen molar-refractivity contribution in [3.05, 3.63) is 115 Å². The second kappa shape index (κ2) is 9.58. The molecule has 0 saturated carbocycles. The zero-order valence-corrected chi connectivity index (χ0v) is 21.2. The van der Waals surface area contributed by atoms with Crippen LogP contribution in [0, 0.1) is 16.0 Å². The van der Waals surface area contributed by atoms with Crippen molar-refractivity contribution in [2.45, 2.75) is 22.8 Å². The SMILES string of the molecule is O=C1[C@H]2[C@H](c3ccccc3OCc3ccccc3)c3sc(=O)[nH]c3S[C@H]2C(=O)N1c1ccc([N+](=O)[O-])cc1. The van der Waals surface area contributed by atoms with E-state index in [0.29, 0.717) is 27.8 Å². The summed E-state index contributed by atoms with van der Waals surface area (Å²) in [7, 11) is 0. The van der Waals surface area contributed by atoms with Crippen LogP contribution in [-0.4, -0.2) is 27.0 Å². The fraction of sp³-hybridized carbons (Fsp3) is 0.148. The van der Waals surface area contributed by atoms with Crippen LogP contribution in [0.5, 0.6) is 5.75 Å². The molecular weight excluding hydrogens is 526 g/mol. The maximum atomic E-state index is 13.9. The van der Waals surface area contributed by atoms with E-state index in [0.717, 1.165) is 21.8 Å². The molecule has 0 unspecified atom stereocenters. The van der Waals surface area contributed by atoms with Gasteiger partial charge in [0.25, 0.3) is 5.69 Å². The zero-order valence-electron chi connectivity index (χ0n) is 19.6. The number of non-ortho nitro benzene ring substituents is 1. The van der Waals surface area contributed by atoms with E-state index in [-0.39, 0.29) is 16.2 Å². The van der Waals surface area contributed by atoms with Gasteiger partial charge in [-0.15, -0.1) is 0 Å². The summed E-state index contributed by atoms with van der Waals surface area (Å²) in [5.74, 6) is -1.66. The molecule has 38 heavy (non-hydrogen) atoms. The molecule has 0 aliphatic carbocycles. The molecule has 190 valence electrons. The van der Waals surface area contributed by atoms with E-state index < -0.39 is 33.8 Å².